The average Bonchev–Trinajstić information content (AvgIpc) is 2.38. The van der Waals surface area contributed by atoms with E-state index in [-0.39, 0.29) is 26.1 Å². The number of hydrogen-bond acceptors (Lipinski definition) is 4. The Labute approximate surface area is 117 Å². The lowest BCUT2D eigenvalue weighted by Gasteiger charge is -2.38. The van der Waals surface area contributed by atoms with Crippen LogP contribution in [0.15, 0.2) is 0 Å². The summed E-state index contributed by atoms with van der Waals surface area (Å²) in [7, 11) is 1.61. The summed E-state index contributed by atoms with van der Waals surface area (Å²) >= 11 is 0. The zero-order chi connectivity index (χ0) is 15.4. The molecule has 0 bridgehead atoms. The maximum atomic E-state index is 12.8. The Morgan fingerprint density at radius 1 is 1.45 bits per heavy atom. The van der Waals surface area contributed by atoms with E-state index in [1.54, 1.807) is 25.8 Å². The van der Waals surface area contributed by atoms with Crippen molar-refractivity contribution in [3.05, 3.63) is 0 Å². The zero-order valence-corrected chi connectivity index (χ0v) is 12.2. The molecule has 0 aromatic carbocycles. The van der Waals surface area contributed by atoms with Crippen LogP contribution in [0.2, 0.25) is 0 Å². The molecule has 1 N–H and O–H groups in total. The largest absolute Gasteiger partial charge is 0.465 e. The van der Waals surface area contributed by atoms with Crippen molar-refractivity contribution >= 4 is 5.97 Å². The van der Waals surface area contributed by atoms with E-state index in [2.05, 4.69) is 5.32 Å². The Morgan fingerprint density at radius 2 is 2.10 bits per heavy atom. The molecular weight excluding hydrogens is 273 g/mol. The van der Waals surface area contributed by atoms with E-state index in [0.717, 1.165) is 0 Å². The molecule has 1 fully saturated rings. The van der Waals surface area contributed by atoms with E-state index in [4.69, 9.17) is 4.74 Å². The van der Waals surface area contributed by atoms with Crippen LogP contribution in [0.5, 0.6) is 0 Å². The van der Waals surface area contributed by atoms with Crippen LogP contribution in [0.1, 0.15) is 26.7 Å². The lowest BCUT2D eigenvalue weighted by molar-refractivity contribution is -0.187. The Kier molecular flexibility index (Phi) is 5.82. The van der Waals surface area contributed by atoms with Crippen LogP contribution in [0, 0.1) is 5.92 Å². The summed E-state index contributed by atoms with van der Waals surface area (Å²) in [6.45, 7) is 4.34. The summed E-state index contributed by atoms with van der Waals surface area (Å²) in [5, 5.41) is 2.87. The summed E-state index contributed by atoms with van der Waals surface area (Å²) in [6, 6.07) is 0. The predicted octanol–water partition coefficient (Wildman–Crippen LogP) is 1.80. The van der Waals surface area contributed by atoms with Gasteiger partial charge in [0.1, 0.15) is 5.54 Å². The number of carbonyl (C=O) groups excluding carboxylic acids is 1. The SMILES string of the molecule is CCOC(=O)C(C)(CN1CCCC(C(F)(F)F)C1)NC. The van der Waals surface area contributed by atoms with Gasteiger partial charge in [0.15, 0.2) is 0 Å². The van der Waals surface area contributed by atoms with Crippen molar-refractivity contribution in [1.82, 2.24) is 10.2 Å². The van der Waals surface area contributed by atoms with E-state index in [1.165, 1.54) is 0 Å². The van der Waals surface area contributed by atoms with Crippen molar-refractivity contribution in [3.8, 4) is 0 Å². The number of ether oxygens (including phenoxy) is 1. The molecule has 1 rings (SSSR count). The summed E-state index contributed by atoms with van der Waals surface area (Å²) in [5.74, 6) is -1.74. The van der Waals surface area contributed by atoms with Gasteiger partial charge in [-0.3, -0.25) is 4.79 Å². The molecule has 4 nitrogen and oxygen atoms in total. The number of likely N-dealkylation sites (N-methyl/N-ethyl adjacent to an activating group) is 1. The van der Waals surface area contributed by atoms with Gasteiger partial charge in [0.05, 0.1) is 12.5 Å². The van der Waals surface area contributed by atoms with Crippen molar-refractivity contribution in [1.29, 1.82) is 0 Å². The van der Waals surface area contributed by atoms with E-state index in [9.17, 15) is 18.0 Å². The van der Waals surface area contributed by atoms with Gasteiger partial charge in [-0.15, -0.1) is 0 Å². The number of carbonyl (C=O) groups is 1. The van der Waals surface area contributed by atoms with Crippen LogP contribution >= 0.6 is 0 Å². The fourth-order valence-corrected chi connectivity index (χ4v) is 2.45. The minimum atomic E-state index is -4.17. The first kappa shape index (κ1) is 17.2. The van der Waals surface area contributed by atoms with Crippen molar-refractivity contribution in [2.24, 2.45) is 5.92 Å². The number of hydrogen-bond donors (Lipinski definition) is 1. The second-order valence-electron chi connectivity index (χ2n) is 5.42. The van der Waals surface area contributed by atoms with Crippen molar-refractivity contribution < 1.29 is 22.7 Å². The molecule has 0 aliphatic carbocycles. The van der Waals surface area contributed by atoms with Crippen molar-refractivity contribution in [2.75, 3.05) is 33.3 Å². The highest BCUT2D eigenvalue weighted by Crippen LogP contribution is 2.33. The maximum Gasteiger partial charge on any atom is 0.393 e. The minimum absolute atomic E-state index is 0.0554. The molecule has 2 atom stereocenters. The number of likely N-dealkylation sites (tertiary alicyclic amines) is 1. The second-order valence-corrected chi connectivity index (χ2v) is 5.42. The average molecular weight is 296 g/mol. The van der Waals surface area contributed by atoms with Gasteiger partial charge >= 0.3 is 12.1 Å². The Hall–Kier alpha value is -0.820. The fourth-order valence-electron chi connectivity index (χ4n) is 2.45. The molecule has 118 valence electrons. The Morgan fingerprint density at radius 3 is 2.60 bits per heavy atom. The molecule has 1 heterocycles. The number of nitrogens with zero attached hydrogens (tertiary/aromatic N) is 1. The Balaban J connectivity index is 2.68. The predicted molar refractivity (Wildman–Crippen MR) is 69.3 cm³/mol. The molecule has 20 heavy (non-hydrogen) atoms. The van der Waals surface area contributed by atoms with Crippen LogP contribution in [0.4, 0.5) is 13.2 Å². The van der Waals surface area contributed by atoms with Gasteiger partial charge in [-0.2, -0.15) is 13.2 Å². The fraction of sp³-hybridized carbons (Fsp3) is 0.923. The van der Waals surface area contributed by atoms with Gasteiger partial charge in [-0.05, 0) is 40.3 Å². The van der Waals surface area contributed by atoms with E-state index in [1.807, 2.05) is 0 Å². The lowest BCUT2D eigenvalue weighted by Crippen LogP contribution is -2.58. The summed E-state index contributed by atoms with van der Waals surface area (Å²) < 4.78 is 43.3. The molecule has 0 amide bonds. The summed E-state index contributed by atoms with van der Waals surface area (Å²) in [6.07, 6.45) is -3.51. The van der Waals surface area contributed by atoms with Crippen LogP contribution in [-0.4, -0.2) is 55.9 Å². The monoisotopic (exact) mass is 296 g/mol. The highest BCUT2D eigenvalue weighted by atomic mass is 19.4. The number of rotatable bonds is 5. The lowest BCUT2D eigenvalue weighted by atomic mass is 9.94. The standard InChI is InChI=1S/C13H23F3N2O2/c1-4-20-11(19)12(2,17-3)9-18-7-5-6-10(8-18)13(14,15)16/h10,17H,4-9H2,1-3H3. The van der Waals surface area contributed by atoms with Gasteiger partial charge in [0.25, 0.3) is 0 Å². The van der Waals surface area contributed by atoms with Gasteiger partial charge < -0.3 is 15.0 Å². The Bertz CT molecular complexity index is 336. The smallest absolute Gasteiger partial charge is 0.393 e. The highest BCUT2D eigenvalue weighted by Gasteiger charge is 2.43. The van der Waals surface area contributed by atoms with Crippen LogP contribution in [0.25, 0.3) is 0 Å². The van der Waals surface area contributed by atoms with Crippen molar-refractivity contribution in [2.45, 2.75) is 38.4 Å². The van der Waals surface area contributed by atoms with Crippen LogP contribution in [-0.2, 0) is 9.53 Å². The molecular formula is C13H23F3N2O2. The topological polar surface area (TPSA) is 41.6 Å². The first-order chi connectivity index (χ1) is 9.23. The number of nitrogens with one attached hydrogen (secondary N) is 1. The van der Waals surface area contributed by atoms with Gasteiger partial charge in [0.2, 0.25) is 0 Å². The number of alkyl halides is 3. The van der Waals surface area contributed by atoms with Crippen LogP contribution in [0.3, 0.4) is 0 Å². The molecule has 1 saturated heterocycles. The minimum Gasteiger partial charge on any atom is -0.465 e. The number of esters is 1. The summed E-state index contributed by atoms with van der Waals surface area (Å²) in [5.41, 5.74) is -0.983. The third-order valence-electron chi connectivity index (χ3n) is 3.79. The first-order valence-corrected chi connectivity index (χ1v) is 6.88. The van der Waals surface area contributed by atoms with Gasteiger partial charge in [-0.1, -0.05) is 0 Å². The molecule has 0 aromatic heterocycles. The van der Waals surface area contributed by atoms with Crippen LogP contribution < -0.4 is 5.32 Å². The molecule has 1 aliphatic heterocycles. The van der Waals surface area contributed by atoms with E-state index < -0.39 is 23.6 Å². The normalized spacial score (nSPS) is 24.2. The van der Waals surface area contributed by atoms with E-state index in [0.29, 0.717) is 13.0 Å². The maximum absolute atomic E-state index is 12.8. The third-order valence-corrected chi connectivity index (χ3v) is 3.79. The first-order valence-electron chi connectivity index (χ1n) is 6.88. The number of halogens is 3. The molecule has 1 aliphatic rings. The molecule has 0 aromatic rings. The second kappa shape index (κ2) is 6.76. The molecule has 2 unspecified atom stereocenters. The zero-order valence-electron chi connectivity index (χ0n) is 12.2. The molecule has 7 heteroatoms. The molecule has 0 spiro atoms. The van der Waals surface area contributed by atoms with Crippen molar-refractivity contribution in [3.63, 3.8) is 0 Å². The quantitative estimate of drug-likeness (QED) is 0.786. The molecule has 0 saturated carbocycles. The van der Waals surface area contributed by atoms with Gasteiger partial charge in [0, 0.05) is 13.1 Å². The highest BCUT2D eigenvalue weighted by molar-refractivity contribution is 5.80. The molecule has 0 radical (unpaired) electrons. The van der Waals surface area contributed by atoms with E-state index >= 15 is 0 Å². The van der Waals surface area contributed by atoms with Gasteiger partial charge in [-0.25, -0.2) is 0 Å². The summed E-state index contributed by atoms with van der Waals surface area (Å²) in [4.78, 5) is 13.6. The third kappa shape index (κ3) is 4.34. The number of piperidine rings is 1.